The molecule has 118 valence electrons. The number of nitrogens with one attached hydrogen (secondary N) is 1. The van der Waals surface area contributed by atoms with Crippen LogP contribution in [0.25, 0.3) is 0 Å². The van der Waals surface area contributed by atoms with E-state index in [0.717, 1.165) is 9.88 Å². The number of nitrogens with zero attached hydrogens (tertiary/aromatic N) is 1. The summed E-state index contributed by atoms with van der Waals surface area (Å²) in [6.45, 7) is 6.90. The minimum absolute atomic E-state index is 0.0139. The molecule has 1 aromatic rings. The van der Waals surface area contributed by atoms with E-state index in [2.05, 4.69) is 26.1 Å². The van der Waals surface area contributed by atoms with Crippen LogP contribution < -0.4 is 5.32 Å². The van der Waals surface area contributed by atoms with Gasteiger partial charge in [0.15, 0.2) is 9.84 Å². The number of carbonyl (C=O) groups is 1. The van der Waals surface area contributed by atoms with Crippen molar-refractivity contribution < 1.29 is 13.2 Å². The fourth-order valence-electron chi connectivity index (χ4n) is 2.19. The van der Waals surface area contributed by atoms with Gasteiger partial charge in [0.2, 0.25) is 0 Å². The highest BCUT2D eigenvalue weighted by Crippen LogP contribution is 2.36. The van der Waals surface area contributed by atoms with E-state index >= 15 is 0 Å². The third-order valence-electron chi connectivity index (χ3n) is 3.56. The first-order chi connectivity index (χ1) is 9.64. The van der Waals surface area contributed by atoms with Crippen LogP contribution >= 0.6 is 11.3 Å². The molecule has 7 heteroatoms. The second-order valence-electron chi connectivity index (χ2n) is 6.30. The van der Waals surface area contributed by atoms with Crippen LogP contribution in [0.15, 0.2) is 6.07 Å². The zero-order chi connectivity index (χ0) is 15.8. The van der Waals surface area contributed by atoms with Gasteiger partial charge in [0.05, 0.1) is 17.1 Å². The quantitative estimate of drug-likeness (QED) is 0.900. The van der Waals surface area contributed by atoms with Gasteiger partial charge >= 0.3 is 0 Å². The third-order valence-corrected chi connectivity index (χ3v) is 6.75. The van der Waals surface area contributed by atoms with Crippen LogP contribution in [0, 0.1) is 0 Å². The Bertz CT molecular complexity index is 628. The van der Waals surface area contributed by atoms with Crippen molar-refractivity contribution in [3.8, 4) is 0 Å². The fraction of sp³-hybridized carbons (Fsp3) is 0.643. The van der Waals surface area contributed by atoms with Gasteiger partial charge in [-0.2, -0.15) is 0 Å². The molecule has 1 fully saturated rings. The Morgan fingerprint density at radius 2 is 1.86 bits per heavy atom. The van der Waals surface area contributed by atoms with Crippen molar-refractivity contribution in [2.75, 3.05) is 37.0 Å². The van der Waals surface area contributed by atoms with Gasteiger partial charge in [-0.1, -0.05) is 20.8 Å². The van der Waals surface area contributed by atoms with Gasteiger partial charge in [-0.05, 0) is 11.5 Å². The highest BCUT2D eigenvalue weighted by Gasteiger charge is 2.29. The first-order valence-corrected chi connectivity index (χ1v) is 9.59. The first-order valence-electron chi connectivity index (χ1n) is 6.96. The molecule has 0 radical (unpaired) electrons. The Labute approximate surface area is 130 Å². The van der Waals surface area contributed by atoms with E-state index in [1.165, 1.54) is 0 Å². The second kappa shape index (κ2) is 5.61. The van der Waals surface area contributed by atoms with E-state index in [-0.39, 0.29) is 35.9 Å². The van der Waals surface area contributed by atoms with Gasteiger partial charge < -0.3 is 10.2 Å². The summed E-state index contributed by atoms with van der Waals surface area (Å²) in [5.41, 5.74) is 0.631. The Hall–Kier alpha value is -1.08. The van der Waals surface area contributed by atoms with Gasteiger partial charge in [-0.25, -0.2) is 8.42 Å². The summed E-state index contributed by atoms with van der Waals surface area (Å²) in [4.78, 5) is 15.4. The smallest absolute Gasteiger partial charge is 0.256 e. The third kappa shape index (κ3) is 3.58. The summed E-state index contributed by atoms with van der Waals surface area (Å²) in [5.74, 6) is 0.0364. The maximum absolute atomic E-state index is 12.6. The van der Waals surface area contributed by atoms with E-state index in [1.54, 1.807) is 23.3 Å². The van der Waals surface area contributed by atoms with E-state index in [9.17, 15) is 13.2 Å². The number of rotatable bonds is 2. The molecular formula is C14H22N2O3S2. The van der Waals surface area contributed by atoms with Crippen LogP contribution in [-0.2, 0) is 15.3 Å². The highest BCUT2D eigenvalue weighted by atomic mass is 32.2. The Morgan fingerprint density at radius 3 is 2.33 bits per heavy atom. The van der Waals surface area contributed by atoms with Crippen LogP contribution in [0.4, 0.5) is 5.00 Å². The Balaban J connectivity index is 2.25. The number of hydrogen-bond donors (Lipinski definition) is 1. The van der Waals surface area contributed by atoms with Crippen molar-refractivity contribution in [1.29, 1.82) is 0 Å². The average Bonchev–Trinajstić information content (AvgIpc) is 2.81. The van der Waals surface area contributed by atoms with Crippen LogP contribution in [0.1, 0.15) is 36.0 Å². The molecule has 0 aliphatic carbocycles. The monoisotopic (exact) mass is 330 g/mol. The molecule has 2 rings (SSSR count). The summed E-state index contributed by atoms with van der Waals surface area (Å²) < 4.78 is 22.9. The summed E-state index contributed by atoms with van der Waals surface area (Å²) in [6, 6.07) is 1.93. The molecular weight excluding hydrogens is 308 g/mol. The molecule has 21 heavy (non-hydrogen) atoms. The predicted octanol–water partition coefficient (Wildman–Crippen LogP) is 1.96. The van der Waals surface area contributed by atoms with E-state index in [4.69, 9.17) is 0 Å². The second-order valence-corrected chi connectivity index (χ2v) is 9.65. The van der Waals surface area contributed by atoms with Crippen molar-refractivity contribution >= 4 is 32.1 Å². The fourth-order valence-corrected chi connectivity index (χ4v) is 4.45. The molecule has 1 amide bonds. The molecule has 1 aliphatic heterocycles. The van der Waals surface area contributed by atoms with Gasteiger partial charge in [0.1, 0.15) is 5.00 Å². The molecule has 0 aromatic carbocycles. The standard InChI is InChI=1S/C14H22N2O3S2/c1-14(2,3)11-9-10(12(15-4)20-11)13(17)16-5-7-21(18,19)8-6-16/h9,15H,5-8H2,1-4H3. The van der Waals surface area contributed by atoms with Crippen LogP contribution in [0.3, 0.4) is 0 Å². The molecule has 0 atom stereocenters. The van der Waals surface area contributed by atoms with Gasteiger partial charge in [-0.3, -0.25) is 4.79 Å². The molecule has 1 N–H and O–H groups in total. The number of anilines is 1. The summed E-state index contributed by atoms with van der Waals surface area (Å²) in [7, 11) is -1.17. The molecule has 0 saturated carbocycles. The SMILES string of the molecule is CNc1sc(C(C)(C)C)cc1C(=O)N1CCS(=O)(=O)CC1. The molecule has 0 spiro atoms. The Morgan fingerprint density at radius 1 is 1.29 bits per heavy atom. The van der Waals surface area contributed by atoms with Crippen molar-refractivity contribution in [3.63, 3.8) is 0 Å². The normalized spacial score (nSPS) is 18.6. The molecule has 1 aromatic heterocycles. The molecule has 0 unspecified atom stereocenters. The van der Waals surface area contributed by atoms with Crippen molar-refractivity contribution in [1.82, 2.24) is 4.90 Å². The maximum atomic E-state index is 12.6. The highest BCUT2D eigenvalue weighted by molar-refractivity contribution is 7.91. The number of amides is 1. The summed E-state index contributed by atoms with van der Waals surface area (Å²) in [5, 5.41) is 3.92. The van der Waals surface area contributed by atoms with Gasteiger partial charge in [0.25, 0.3) is 5.91 Å². The van der Waals surface area contributed by atoms with Crippen LogP contribution in [0.5, 0.6) is 0 Å². The lowest BCUT2D eigenvalue weighted by Gasteiger charge is -2.26. The number of hydrogen-bond acceptors (Lipinski definition) is 5. The number of thiophene rings is 1. The van der Waals surface area contributed by atoms with Gasteiger partial charge in [-0.15, -0.1) is 11.3 Å². The largest absolute Gasteiger partial charge is 0.379 e. The van der Waals surface area contributed by atoms with E-state index in [0.29, 0.717) is 5.56 Å². The summed E-state index contributed by atoms with van der Waals surface area (Å²) >= 11 is 1.58. The maximum Gasteiger partial charge on any atom is 0.256 e. The molecule has 1 aliphatic rings. The topological polar surface area (TPSA) is 66.5 Å². The number of carbonyl (C=O) groups excluding carboxylic acids is 1. The zero-order valence-electron chi connectivity index (χ0n) is 12.9. The average molecular weight is 330 g/mol. The molecule has 2 heterocycles. The predicted molar refractivity (Wildman–Crippen MR) is 87.1 cm³/mol. The lowest BCUT2D eigenvalue weighted by atomic mass is 9.94. The van der Waals surface area contributed by atoms with Crippen LogP contribution in [0.2, 0.25) is 0 Å². The Kier molecular flexibility index (Phi) is 4.35. The summed E-state index contributed by atoms with van der Waals surface area (Å²) in [6.07, 6.45) is 0. The lowest BCUT2D eigenvalue weighted by molar-refractivity contribution is 0.0771. The first kappa shape index (κ1) is 16.3. The molecule has 1 saturated heterocycles. The zero-order valence-corrected chi connectivity index (χ0v) is 14.5. The van der Waals surface area contributed by atoms with E-state index in [1.807, 2.05) is 6.07 Å². The molecule has 5 nitrogen and oxygen atoms in total. The van der Waals surface area contributed by atoms with Crippen molar-refractivity contribution in [2.24, 2.45) is 0 Å². The minimum atomic E-state index is -2.97. The van der Waals surface area contributed by atoms with Crippen molar-refractivity contribution in [2.45, 2.75) is 26.2 Å². The number of sulfone groups is 1. The van der Waals surface area contributed by atoms with Gasteiger partial charge in [0, 0.05) is 25.0 Å². The molecule has 0 bridgehead atoms. The van der Waals surface area contributed by atoms with E-state index < -0.39 is 9.84 Å². The minimum Gasteiger partial charge on any atom is -0.379 e. The lowest BCUT2D eigenvalue weighted by Crippen LogP contribution is -2.43. The van der Waals surface area contributed by atoms with Crippen molar-refractivity contribution in [3.05, 3.63) is 16.5 Å². The van der Waals surface area contributed by atoms with Crippen LogP contribution in [-0.4, -0.2) is 50.9 Å².